The Balaban J connectivity index is 1.48. The molecule has 2 N–H and O–H groups in total. The van der Waals surface area contributed by atoms with Crippen LogP contribution in [0.5, 0.6) is 0 Å². The summed E-state index contributed by atoms with van der Waals surface area (Å²) in [4.78, 5) is 41.8. The molecule has 1 heterocycles. The number of ketones is 1. The number of hydrogen-bond acceptors (Lipinski definition) is 6. The highest BCUT2D eigenvalue weighted by atomic mass is 79.9. The molecule has 0 radical (unpaired) electrons. The molecular formula is C25H24BrCl2N3O4. The van der Waals surface area contributed by atoms with Gasteiger partial charge in [-0.2, -0.15) is 0 Å². The normalized spacial score (nSPS) is 17.2. The van der Waals surface area contributed by atoms with Crippen molar-refractivity contribution < 1.29 is 19.1 Å². The van der Waals surface area contributed by atoms with Crippen molar-refractivity contribution in [3.63, 3.8) is 0 Å². The van der Waals surface area contributed by atoms with E-state index in [2.05, 4.69) is 31.5 Å². The Morgan fingerprint density at radius 3 is 2.37 bits per heavy atom. The Kier molecular flexibility index (Phi) is 7.83. The van der Waals surface area contributed by atoms with Crippen LogP contribution in [0.25, 0.3) is 0 Å². The molecule has 2 aliphatic carbocycles. The van der Waals surface area contributed by atoms with Gasteiger partial charge in [0.1, 0.15) is 6.04 Å². The lowest BCUT2D eigenvalue weighted by Crippen LogP contribution is -2.51. The Bertz CT molecular complexity index is 1170. The van der Waals surface area contributed by atoms with Crippen LogP contribution in [0, 0.1) is 5.41 Å². The lowest BCUT2D eigenvalue weighted by atomic mass is 9.69. The van der Waals surface area contributed by atoms with Gasteiger partial charge in [-0.1, -0.05) is 48.2 Å². The van der Waals surface area contributed by atoms with Gasteiger partial charge in [0.15, 0.2) is 5.78 Å². The third-order valence-electron chi connectivity index (χ3n) is 6.41. The van der Waals surface area contributed by atoms with Crippen LogP contribution in [0.3, 0.4) is 0 Å². The number of allylic oxidation sites excluding steroid dienone is 2. The second kappa shape index (κ2) is 10.7. The maximum Gasteiger partial charge on any atom is 0.328 e. The number of nitrogens with one attached hydrogen (secondary N) is 2. The van der Waals surface area contributed by atoms with Crippen molar-refractivity contribution >= 4 is 62.5 Å². The quantitative estimate of drug-likeness (QED) is 0.403. The fourth-order valence-corrected chi connectivity index (χ4v) is 6.04. The van der Waals surface area contributed by atoms with Crippen LogP contribution in [-0.4, -0.2) is 35.3 Å². The molecule has 184 valence electrons. The zero-order valence-electron chi connectivity index (χ0n) is 19.0. The Hall–Kier alpha value is -2.42. The number of carbonyl (C=O) groups excluding carboxylic acids is 3. The minimum Gasteiger partial charge on any atom is -0.464 e. The summed E-state index contributed by atoms with van der Waals surface area (Å²) in [7, 11) is 0. The molecule has 0 aliphatic heterocycles. The van der Waals surface area contributed by atoms with Gasteiger partial charge in [-0.25, -0.2) is 4.79 Å². The fourth-order valence-electron chi connectivity index (χ4n) is 4.63. The maximum atomic E-state index is 12.8. The minimum absolute atomic E-state index is 0.106. The smallest absolute Gasteiger partial charge is 0.328 e. The van der Waals surface area contributed by atoms with Crippen molar-refractivity contribution in [1.82, 2.24) is 10.3 Å². The number of pyridine rings is 1. The van der Waals surface area contributed by atoms with Crippen LogP contribution in [0.1, 0.15) is 48.5 Å². The molecule has 4 rings (SSSR count). The van der Waals surface area contributed by atoms with E-state index in [0.717, 1.165) is 36.9 Å². The number of hydrogen-bond donors (Lipinski definition) is 2. The van der Waals surface area contributed by atoms with Crippen molar-refractivity contribution in [3.05, 3.63) is 68.0 Å². The van der Waals surface area contributed by atoms with E-state index in [0.29, 0.717) is 16.6 Å². The zero-order chi connectivity index (χ0) is 25.2. The van der Waals surface area contributed by atoms with Gasteiger partial charge in [0.05, 0.1) is 32.1 Å². The third-order valence-corrected chi connectivity index (χ3v) is 7.74. The summed E-state index contributed by atoms with van der Waals surface area (Å²) in [6.45, 7) is 2.01. The van der Waals surface area contributed by atoms with E-state index in [4.69, 9.17) is 27.9 Å². The molecule has 1 unspecified atom stereocenters. The summed E-state index contributed by atoms with van der Waals surface area (Å²) in [5.74, 6) is -0.726. The number of aromatic nitrogens is 1. The van der Waals surface area contributed by atoms with Gasteiger partial charge in [-0.15, -0.1) is 0 Å². The van der Waals surface area contributed by atoms with Crippen LogP contribution in [-0.2, 0) is 20.7 Å². The molecule has 1 amide bonds. The monoisotopic (exact) mass is 579 g/mol. The van der Waals surface area contributed by atoms with Crippen molar-refractivity contribution in [2.45, 2.75) is 45.1 Å². The number of benzene rings is 1. The molecule has 7 nitrogen and oxygen atoms in total. The number of halogens is 3. The fraction of sp³-hybridized carbons (Fsp3) is 0.360. The first-order valence-electron chi connectivity index (χ1n) is 11.3. The van der Waals surface area contributed by atoms with Crippen LogP contribution >= 0.6 is 39.1 Å². The highest BCUT2D eigenvalue weighted by Crippen LogP contribution is 2.54. The molecule has 0 saturated heterocycles. The molecule has 1 atom stereocenters. The van der Waals surface area contributed by atoms with E-state index < -0.39 is 17.4 Å². The van der Waals surface area contributed by atoms with Gasteiger partial charge in [0, 0.05) is 30.2 Å². The highest BCUT2D eigenvalue weighted by molar-refractivity contribution is 9.12. The van der Waals surface area contributed by atoms with Gasteiger partial charge in [-0.3, -0.25) is 14.6 Å². The molecule has 2 aliphatic rings. The van der Waals surface area contributed by atoms with E-state index in [1.54, 1.807) is 19.1 Å². The summed E-state index contributed by atoms with van der Waals surface area (Å²) in [6.07, 6.45) is 6.62. The van der Waals surface area contributed by atoms with E-state index in [1.807, 2.05) is 12.1 Å². The maximum absolute atomic E-state index is 12.8. The second-order valence-electron chi connectivity index (χ2n) is 8.59. The topological polar surface area (TPSA) is 97.4 Å². The zero-order valence-corrected chi connectivity index (χ0v) is 22.1. The van der Waals surface area contributed by atoms with Gasteiger partial charge in [0.2, 0.25) is 0 Å². The summed E-state index contributed by atoms with van der Waals surface area (Å²) in [6, 6.07) is 6.45. The van der Waals surface area contributed by atoms with E-state index in [1.165, 1.54) is 12.4 Å². The number of Topliss-reactive ketones (excluding diaryl/α,β-unsaturated/α-hetero) is 1. The summed E-state index contributed by atoms with van der Waals surface area (Å²) in [5.41, 5.74) is 1.84. The van der Waals surface area contributed by atoms with Crippen LogP contribution in [0.15, 0.2) is 46.8 Å². The van der Waals surface area contributed by atoms with Gasteiger partial charge in [0.25, 0.3) is 5.91 Å². The number of esters is 1. The average molecular weight is 581 g/mol. The first-order chi connectivity index (χ1) is 16.8. The van der Waals surface area contributed by atoms with Crippen molar-refractivity contribution in [1.29, 1.82) is 0 Å². The molecule has 1 aromatic carbocycles. The standard InChI is InChI=1S/C25H24BrCl2N3O4/c1-2-35-24(34)18(31-21-20(26)22(32)25(21)9-3-4-10-25)11-14-5-7-15(8-6-14)30-23(33)19-16(27)12-29-13-17(19)28/h5-8,12-13,18,31H,2-4,9-11H2,1H3,(H,30,33). The van der Waals surface area contributed by atoms with E-state index in [-0.39, 0.29) is 34.0 Å². The largest absolute Gasteiger partial charge is 0.464 e. The summed E-state index contributed by atoms with van der Waals surface area (Å²) >= 11 is 15.5. The van der Waals surface area contributed by atoms with Crippen molar-refractivity contribution in [2.24, 2.45) is 5.41 Å². The van der Waals surface area contributed by atoms with Crippen molar-refractivity contribution in [3.8, 4) is 0 Å². The van der Waals surface area contributed by atoms with Gasteiger partial charge in [-0.05, 0) is 53.4 Å². The molecule has 2 aromatic rings. The molecule has 0 bridgehead atoms. The SMILES string of the molecule is CCOC(=O)C(Cc1ccc(NC(=O)c2c(Cl)cncc2Cl)cc1)NC1=C(Br)C(=O)C12CCCC2. The summed E-state index contributed by atoms with van der Waals surface area (Å²) < 4.78 is 5.81. The second-order valence-corrected chi connectivity index (χ2v) is 10.2. The first-order valence-corrected chi connectivity index (χ1v) is 12.9. The number of nitrogens with zero attached hydrogens (tertiary/aromatic N) is 1. The first kappa shape index (κ1) is 25.7. The van der Waals surface area contributed by atoms with E-state index in [9.17, 15) is 14.4 Å². The molecule has 1 fully saturated rings. The highest BCUT2D eigenvalue weighted by Gasteiger charge is 2.55. The van der Waals surface area contributed by atoms with Crippen molar-refractivity contribution in [2.75, 3.05) is 11.9 Å². The van der Waals surface area contributed by atoms with E-state index >= 15 is 0 Å². The van der Waals surface area contributed by atoms with Gasteiger partial charge < -0.3 is 15.4 Å². The Morgan fingerprint density at radius 1 is 1.14 bits per heavy atom. The number of anilines is 1. The van der Waals surface area contributed by atoms with Crippen LogP contribution in [0.4, 0.5) is 5.69 Å². The minimum atomic E-state index is -0.655. The average Bonchev–Trinajstić information content (AvgIpc) is 3.34. The van der Waals surface area contributed by atoms with Gasteiger partial charge >= 0.3 is 5.97 Å². The Labute approximate surface area is 221 Å². The molecule has 10 heteroatoms. The molecular weight excluding hydrogens is 557 g/mol. The van der Waals surface area contributed by atoms with Crippen LogP contribution in [0.2, 0.25) is 10.0 Å². The summed E-state index contributed by atoms with van der Waals surface area (Å²) in [5, 5.41) is 6.39. The number of ether oxygens (including phenoxy) is 1. The number of rotatable bonds is 8. The lowest BCUT2D eigenvalue weighted by Gasteiger charge is -2.41. The lowest BCUT2D eigenvalue weighted by molar-refractivity contribution is -0.145. The predicted octanol–water partition coefficient (Wildman–Crippen LogP) is 5.45. The molecule has 35 heavy (non-hydrogen) atoms. The Morgan fingerprint density at radius 2 is 1.77 bits per heavy atom. The number of carbonyl (C=O) groups is 3. The molecule has 1 saturated carbocycles. The third kappa shape index (κ3) is 5.10. The number of amides is 1. The predicted molar refractivity (Wildman–Crippen MR) is 138 cm³/mol. The molecule has 1 aromatic heterocycles. The van der Waals surface area contributed by atoms with Crippen LogP contribution < -0.4 is 10.6 Å². The molecule has 1 spiro atoms.